The molecule has 20 heavy (non-hydrogen) atoms. The van der Waals surface area contributed by atoms with Crippen LogP contribution in [0.5, 0.6) is 0 Å². The average Bonchev–Trinajstić information content (AvgIpc) is 2.72. The molecule has 0 atom stereocenters. The van der Waals surface area contributed by atoms with E-state index in [9.17, 15) is 4.79 Å². The van der Waals surface area contributed by atoms with Crippen LogP contribution >= 0.6 is 23.7 Å². The van der Waals surface area contributed by atoms with E-state index in [4.69, 9.17) is 0 Å². The molecule has 3 nitrogen and oxygen atoms in total. The zero-order chi connectivity index (χ0) is 13.8. The highest BCUT2D eigenvalue weighted by Gasteiger charge is 2.10. The summed E-state index contributed by atoms with van der Waals surface area (Å²) in [5, 5.41) is 6.01. The van der Waals surface area contributed by atoms with Gasteiger partial charge in [-0.3, -0.25) is 4.79 Å². The molecule has 0 aliphatic carbocycles. The molecule has 108 valence electrons. The van der Waals surface area contributed by atoms with Crippen molar-refractivity contribution in [2.45, 2.75) is 20.4 Å². The van der Waals surface area contributed by atoms with E-state index in [1.807, 2.05) is 51.2 Å². The molecule has 0 saturated heterocycles. The fourth-order valence-electron chi connectivity index (χ4n) is 1.79. The van der Waals surface area contributed by atoms with Crippen LogP contribution in [-0.4, -0.2) is 13.0 Å². The molecule has 0 spiro atoms. The van der Waals surface area contributed by atoms with Crippen LogP contribution in [0.4, 0.5) is 5.69 Å². The molecule has 0 aliphatic heterocycles. The van der Waals surface area contributed by atoms with E-state index >= 15 is 0 Å². The highest BCUT2D eigenvalue weighted by molar-refractivity contribution is 7.14. The molecule has 2 N–H and O–H groups in total. The van der Waals surface area contributed by atoms with Gasteiger partial charge in [-0.05, 0) is 50.2 Å². The highest BCUT2D eigenvalue weighted by atomic mass is 35.5. The van der Waals surface area contributed by atoms with Gasteiger partial charge in [0.1, 0.15) is 0 Å². The summed E-state index contributed by atoms with van der Waals surface area (Å²) >= 11 is 1.53. The predicted molar refractivity (Wildman–Crippen MR) is 88.2 cm³/mol. The van der Waals surface area contributed by atoms with Gasteiger partial charge in [0.25, 0.3) is 5.91 Å². The van der Waals surface area contributed by atoms with Gasteiger partial charge in [0, 0.05) is 17.1 Å². The van der Waals surface area contributed by atoms with Crippen molar-refractivity contribution in [2.75, 3.05) is 12.4 Å². The maximum atomic E-state index is 12.1. The Morgan fingerprint density at radius 3 is 2.35 bits per heavy atom. The SMILES string of the molecule is CNCc1ccc(NC(=O)c2cc(C)c(C)s2)cc1.Cl. The molecule has 1 aromatic carbocycles. The lowest BCUT2D eigenvalue weighted by Gasteiger charge is -2.05. The molecule has 0 radical (unpaired) electrons. The van der Waals surface area contributed by atoms with Gasteiger partial charge in [0.15, 0.2) is 0 Å². The Hall–Kier alpha value is -1.36. The van der Waals surface area contributed by atoms with E-state index in [1.54, 1.807) is 0 Å². The van der Waals surface area contributed by atoms with Crippen LogP contribution in [0.3, 0.4) is 0 Å². The van der Waals surface area contributed by atoms with E-state index in [0.29, 0.717) is 0 Å². The Labute approximate surface area is 129 Å². The second kappa shape index (κ2) is 7.43. The number of thiophene rings is 1. The summed E-state index contributed by atoms with van der Waals surface area (Å²) in [6, 6.07) is 9.81. The normalized spacial score (nSPS) is 9.95. The van der Waals surface area contributed by atoms with Crippen LogP contribution in [0, 0.1) is 13.8 Å². The van der Waals surface area contributed by atoms with Gasteiger partial charge in [-0.15, -0.1) is 23.7 Å². The van der Waals surface area contributed by atoms with Crippen molar-refractivity contribution in [2.24, 2.45) is 0 Å². The summed E-state index contributed by atoms with van der Waals surface area (Å²) in [6.07, 6.45) is 0. The molecular formula is C15H19ClN2OS. The molecule has 1 aromatic heterocycles. The van der Waals surface area contributed by atoms with Gasteiger partial charge in [-0.1, -0.05) is 12.1 Å². The molecular weight excluding hydrogens is 292 g/mol. The molecule has 0 fully saturated rings. The summed E-state index contributed by atoms with van der Waals surface area (Å²) in [4.78, 5) is 14.0. The zero-order valence-corrected chi connectivity index (χ0v) is 13.5. The van der Waals surface area contributed by atoms with E-state index in [1.165, 1.54) is 27.3 Å². The number of hydrogen-bond donors (Lipinski definition) is 2. The first-order valence-electron chi connectivity index (χ1n) is 6.22. The molecule has 0 unspecified atom stereocenters. The number of carbonyl (C=O) groups excluding carboxylic acids is 1. The average molecular weight is 311 g/mol. The van der Waals surface area contributed by atoms with Crippen molar-refractivity contribution in [3.05, 3.63) is 51.2 Å². The summed E-state index contributed by atoms with van der Waals surface area (Å²) in [6.45, 7) is 4.88. The number of benzene rings is 1. The Morgan fingerprint density at radius 2 is 1.85 bits per heavy atom. The van der Waals surface area contributed by atoms with E-state index in [-0.39, 0.29) is 18.3 Å². The number of aryl methyl sites for hydroxylation is 2. The largest absolute Gasteiger partial charge is 0.321 e. The minimum absolute atomic E-state index is 0. The van der Waals surface area contributed by atoms with Crippen LogP contribution in [0.2, 0.25) is 0 Å². The number of nitrogens with one attached hydrogen (secondary N) is 2. The number of hydrogen-bond acceptors (Lipinski definition) is 3. The van der Waals surface area contributed by atoms with Crippen molar-refractivity contribution in [3.8, 4) is 0 Å². The van der Waals surface area contributed by atoms with Gasteiger partial charge >= 0.3 is 0 Å². The lowest BCUT2D eigenvalue weighted by Crippen LogP contribution is -2.10. The van der Waals surface area contributed by atoms with Gasteiger partial charge in [0.05, 0.1) is 4.88 Å². The smallest absolute Gasteiger partial charge is 0.265 e. The van der Waals surface area contributed by atoms with Crippen LogP contribution in [-0.2, 0) is 6.54 Å². The van der Waals surface area contributed by atoms with E-state index in [0.717, 1.165) is 17.1 Å². The lowest BCUT2D eigenvalue weighted by atomic mass is 10.2. The summed E-state index contributed by atoms with van der Waals surface area (Å²) in [7, 11) is 1.91. The first-order chi connectivity index (χ1) is 9.10. The van der Waals surface area contributed by atoms with Gasteiger partial charge in [-0.2, -0.15) is 0 Å². The molecule has 0 saturated carbocycles. The zero-order valence-electron chi connectivity index (χ0n) is 11.8. The topological polar surface area (TPSA) is 41.1 Å². The standard InChI is InChI=1S/C15H18N2OS.ClH/c1-10-8-14(19-11(10)2)15(18)17-13-6-4-12(5-7-13)9-16-3;/h4-8,16H,9H2,1-3H3,(H,17,18);1H. The van der Waals surface area contributed by atoms with Crippen LogP contribution in [0.25, 0.3) is 0 Å². The first-order valence-corrected chi connectivity index (χ1v) is 7.03. The number of rotatable bonds is 4. The second-order valence-electron chi connectivity index (χ2n) is 4.53. The highest BCUT2D eigenvalue weighted by Crippen LogP contribution is 2.21. The molecule has 2 aromatic rings. The van der Waals surface area contributed by atoms with Crippen molar-refractivity contribution in [1.82, 2.24) is 5.32 Å². The van der Waals surface area contributed by atoms with Crippen LogP contribution in [0.1, 0.15) is 25.7 Å². The second-order valence-corrected chi connectivity index (χ2v) is 5.79. The Morgan fingerprint density at radius 1 is 1.20 bits per heavy atom. The maximum Gasteiger partial charge on any atom is 0.265 e. The molecule has 2 rings (SSSR count). The first kappa shape index (κ1) is 16.7. The van der Waals surface area contributed by atoms with Gasteiger partial charge in [0.2, 0.25) is 0 Å². The Bertz CT molecular complexity index is 559. The minimum atomic E-state index is -0.0393. The lowest BCUT2D eigenvalue weighted by molar-refractivity contribution is 0.103. The van der Waals surface area contributed by atoms with Gasteiger partial charge in [-0.25, -0.2) is 0 Å². The molecule has 1 heterocycles. The predicted octanol–water partition coefficient (Wildman–Crippen LogP) is 3.76. The molecule has 5 heteroatoms. The number of anilines is 1. The number of amides is 1. The monoisotopic (exact) mass is 310 g/mol. The Kier molecular flexibility index (Phi) is 6.20. The minimum Gasteiger partial charge on any atom is -0.321 e. The van der Waals surface area contributed by atoms with Crippen molar-refractivity contribution < 1.29 is 4.79 Å². The quantitative estimate of drug-likeness (QED) is 0.903. The number of carbonyl (C=O) groups is 1. The fraction of sp³-hybridized carbons (Fsp3) is 0.267. The van der Waals surface area contributed by atoms with Crippen LogP contribution in [0.15, 0.2) is 30.3 Å². The summed E-state index contributed by atoms with van der Waals surface area (Å²) < 4.78 is 0. The van der Waals surface area contributed by atoms with Crippen molar-refractivity contribution in [1.29, 1.82) is 0 Å². The summed E-state index contributed by atoms with van der Waals surface area (Å²) in [5.41, 5.74) is 3.19. The third-order valence-corrected chi connectivity index (χ3v) is 4.13. The third kappa shape index (κ3) is 4.07. The van der Waals surface area contributed by atoms with Crippen LogP contribution < -0.4 is 10.6 Å². The molecule has 0 bridgehead atoms. The Balaban J connectivity index is 0.00000200. The number of halogens is 1. The van der Waals surface area contributed by atoms with Crippen molar-refractivity contribution >= 4 is 35.3 Å². The third-order valence-electron chi connectivity index (χ3n) is 2.98. The molecule has 0 aliphatic rings. The molecule has 1 amide bonds. The summed E-state index contributed by atoms with van der Waals surface area (Å²) in [5.74, 6) is -0.0393. The maximum absolute atomic E-state index is 12.1. The van der Waals surface area contributed by atoms with Crippen molar-refractivity contribution in [3.63, 3.8) is 0 Å². The fourth-order valence-corrected chi connectivity index (χ4v) is 2.72. The van der Waals surface area contributed by atoms with E-state index < -0.39 is 0 Å². The van der Waals surface area contributed by atoms with E-state index in [2.05, 4.69) is 10.6 Å². The van der Waals surface area contributed by atoms with Gasteiger partial charge < -0.3 is 10.6 Å².